The van der Waals surface area contributed by atoms with Crippen LogP contribution >= 0.6 is 0 Å². The molecule has 0 aliphatic carbocycles. The Morgan fingerprint density at radius 1 is 1.50 bits per heavy atom. The van der Waals surface area contributed by atoms with Gasteiger partial charge in [-0.3, -0.25) is 14.9 Å². The van der Waals surface area contributed by atoms with Crippen molar-refractivity contribution in [1.82, 2.24) is 5.32 Å². The second-order valence-electron chi connectivity index (χ2n) is 4.71. The van der Waals surface area contributed by atoms with Crippen LogP contribution in [0.25, 0.3) is 0 Å². The molecule has 6 nitrogen and oxygen atoms in total. The summed E-state index contributed by atoms with van der Waals surface area (Å²) in [6.07, 6.45) is 0. The topological polar surface area (TPSA) is 96.0 Å². The number of halogens is 1. The van der Waals surface area contributed by atoms with E-state index in [-0.39, 0.29) is 17.2 Å². The van der Waals surface area contributed by atoms with Crippen LogP contribution in [0.3, 0.4) is 0 Å². The number of benzene rings is 1. The highest BCUT2D eigenvalue weighted by atomic mass is 19.1. The van der Waals surface area contributed by atoms with E-state index in [2.05, 4.69) is 5.32 Å². The summed E-state index contributed by atoms with van der Waals surface area (Å²) in [5, 5.41) is 22.0. The molecular formula is C13H14FN3O3. The molecule has 1 unspecified atom stereocenters. The van der Waals surface area contributed by atoms with Gasteiger partial charge in [-0.2, -0.15) is 5.26 Å². The average molecular weight is 279 g/mol. The molecule has 106 valence electrons. The number of hydrogen-bond acceptors (Lipinski definition) is 4. The summed E-state index contributed by atoms with van der Waals surface area (Å²) in [5.41, 5.74) is -0.799. The zero-order chi connectivity index (χ0) is 15.4. The number of nitro benzene ring substituents is 1. The van der Waals surface area contributed by atoms with Gasteiger partial charge < -0.3 is 5.32 Å². The number of aryl methyl sites for hydroxylation is 1. The summed E-state index contributed by atoms with van der Waals surface area (Å²) in [5.74, 6) is -1.82. The Balaban J connectivity index is 3.16. The molecule has 0 saturated heterocycles. The van der Waals surface area contributed by atoms with E-state index in [4.69, 9.17) is 5.26 Å². The van der Waals surface area contributed by atoms with Crippen LogP contribution in [0.1, 0.15) is 29.8 Å². The first-order valence-electron chi connectivity index (χ1n) is 5.93. The number of carbonyl (C=O) groups is 1. The summed E-state index contributed by atoms with van der Waals surface area (Å²) in [6.45, 7) is 4.79. The van der Waals surface area contributed by atoms with Gasteiger partial charge in [0.2, 0.25) is 0 Å². The van der Waals surface area contributed by atoms with Crippen molar-refractivity contribution in [2.24, 2.45) is 5.92 Å². The van der Waals surface area contributed by atoms with Gasteiger partial charge in [0.15, 0.2) is 0 Å². The van der Waals surface area contributed by atoms with E-state index in [9.17, 15) is 19.3 Å². The Labute approximate surface area is 115 Å². The fraction of sp³-hybridized carbons (Fsp3) is 0.385. The zero-order valence-electron chi connectivity index (χ0n) is 11.3. The number of rotatable bonds is 4. The van der Waals surface area contributed by atoms with Gasteiger partial charge in [-0.1, -0.05) is 13.8 Å². The molecule has 0 aliphatic rings. The Bertz CT molecular complexity index is 593. The van der Waals surface area contributed by atoms with Crippen LogP contribution in [0.15, 0.2) is 12.1 Å². The molecule has 0 heterocycles. The predicted octanol–water partition coefficient (Wildman–Crippen LogP) is 2.32. The van der Waals surface area contributed by atoms with Gasteiger partial charge in [-0.05, 0) is 18.4 Å². The Morgan fingerprint density at radius 3 is 2.55 bits per heavy atom. The van der Waals surface area contributed by atoms with Crippen LogP contribution in [0, 0.1) is 40.1 Å². The highest BCUT2D eigenvalue weighted by Crippen LogP contribution is 2.21. The molecule has 0 radical (unpaired) electrons. The summed E-state index contributed by atoms with van der Waals surface area (Å²) in [4.78, 5) is 22.0. The van der Waals surface area contributed by atoms with E-state index in [1.807, 2.05) is 6.07 Å². The van der Waals surface area contributed by atoms with Crippen LogP contribution in [0.4, 0.5) is 10.1 Å². The van der Waals surface area contributed by atoms with Crippen molar-refractivity contribution < 1.29 is 14.1 Å². The van der Waals surface area contributed by atoms with Gasteiger partial charge in [-0.15, -0.1) is 0 Å². The minimum absolute atomic E-state index is 0.00223. The summed E-state index contributed by atoms with van der Waals surface area (Å²) in [7, 11) is 0. The van der Waals surface area contributed by atoms with Gasteiger partial charge in [0, 0.05) is 12.1 Å². The van der Waals surface area contributed by atoms with Crippen molar-refractivity contribution in [3.8, 4) is 6.07 Å². The number of carbonyl (C=O) groups excluding carboxylic acids is 1. The molecule has 1 atom stereocenters. The van der Waals surface area contributed by atoms with Crippen LogP contribution in [0.2, 0.25) is 0 Å². The van der Waals surface area contributed by atoms with Gasteiger partial charge in [0.1, 0.15) is 11.9 Å². The quantitative estimate of drug-likeness (QED) is 0.675. The SMILES string of the molecule is Cc1cc([N+](=O)[O-])cc(C(=O)NC(C#N)C(C)C)c1F. The third kappa shape index (κ3) is 3.29. The van der Waals surface area contributed by atoms with Gasteiger partial charge >= 0.3 is 0 Å². The molecule has 0 spiro atoms. The van der Waals surface area contributed by atoms with Crippen molar-refractivity contribution in [3.05, 3.63) is 39.2 Å². The monoisotopic (exact) mass is 279 g/mol. The Kier molecular flexibility index (Phi) is 4.75. The first-order chi connectivity index (χ1) is 9.27. The number of nitrogens with zero attached hydrogens (tertiary/aromatic N) is 2. The van der Waals surface area contributed by atoms with Crippen LogP contribution in [-0.2, 0) is 0 Å². The number of amides is 1. The van der Waals surface area contributed by atoms with Gasteiger partial charge in [0.05, 0.1) is 16.6 Å². The fourth-order valence-corrected chi connectivity index (χ4v) is 1.59. The first kappa shape index (κ1) is 15.6. The lowest BCUT2D eigenvalue weighted by atomic mass is 10.0. The van der Waals surface area contributed by atoms with Gasteiger partial charge in [0.25, 0.3) is 11.6 Å². The Morgan fingerprint density at radius 2 is 2.10 bits per heavy atom. The highest BCUT2D eigenvalue weighted by molar-refractivity contribution is 5.95. The molecule has 0 fully saturated rings. The number of nitro groups is 1. The third-order valence-electron chi connectivity index (χ3n) is 2.79. The average Bonchev–Trinajstić information content (AvgIpc) is 2.37. The normalized spacial score (nSPS) is 11.8. The predicted molar refractivity (Wildman–Crippen MR) is 69.5 cm³/mol. The molecule has 0 saturated carbocycles. The second-order valence-corrected chi connectivity index (χ2v) is 4.71. The lowest BCUT2D eigenvalue weighted by molar-refractivity contribution is -0.385. The number of non-ortho nitro benzene ring substituents is 1. The van der Waals surface area contributed by atoms with Crippen LogP contribution in [0.5, 0.6) is 0 Å². The number of hydrogen-bond donors (Lipinski definition) is 1. The number of nitrogens with one attached hydrogen (secondary N) is 1. The lowest BCUT2D eigenvalue weighted by Crippen LogP contribution is -2.37. The molecule has 1 rings (SSSR count). The molecule has 7 heteroatoms. The van der Waals surface area contributed by atoms with E-state index >= 15 is 0 Å². The van der Waals surface area contributed by atoms with Gasteiger partial charge in [-0.25, -0.2) is 4.39 Å². The highest BCUT2D eigenvalue weighted by Gasteiger charge is 2.22. The van der Waals surface area contributed by atoms with Crippen molar-refractivity contribution in [2.45, 2.75) is 26.8 Å². The van der Waals surface area contributed by atoms with E-state index in [0.717, 1.165) is 12.1 Å². The van der Waals surface area contributed by atoms with Crippen molar-refractivity contribution >= 4 is 11.6 Å². The zero-order valence-corrected chi connectivity index (χ0v) is 11.3. The summed E-state index contributed by atoms with van der Waals surface area (Å²) >= 11 is 0. The Hall–Kier alpha value is -2.49. The fourth-order valence-electron chi connectivity index (χ4n) is 1.59. The smallest absolute Gasteiger partial charge is 0.270 e. The van der Waals surface area contributed by atoms with E-state index in [1.165, 1.54) is 6.92 Å². The standard InChI is InChI=1S/C13H14FN3O3/c1-7(2)11(6-15)16-13(18)10-5-9(17(19)20)4-8(3)12(10)14/h4-5,7,11H,1-3H3,(H,16,18). The molecule has 0 bridgehead atoms. The van der Waals surface area contributed by atoms with E-state index in [0.29, 0.717) is 0 Å². The minimum atomic E-state index is -0.838. The molecule has 0 aromatic heterocycles. The first-order valence-corrected chi connectivity index (χ1v) is 5.93. The van der Waals surface area contributed by atoms with Crippen LogP contribution in [-0.4, -0.2) is 16.9 Å². The van der Waals surface area contributed by atoms with E-state index < -0.39 is 28.3 Å². The van der Waals surface area contributed by atoms with Crippen molar-refractivity contribution in [3.63, 3.8) is 0 Å². The third-order valence-corrected chi connectivity index (χ3v) is 2.79. The molecule has 0 aliphatic heterocycles. The summed E-state index contributed by atoms with van der Waals surface area (Å²) in [6, 6.07) is 3.01. The maximum absolute atomic E-state index is 13.9. The molecule has 1 aromatic carbocycles. The maximum atomic E-state index is 13.9. The minimum Gasteiger partial charge on any atom is -0.336 e. The molecule has 1 aromatic rings. The second kappa shape index (κ2) is 6.10. The largest absolute Gasteiger partial charge is 0.336 e. The maximum Gasteiger partial charge on any atom is 0.270 e. The van der Waals surface area contributed by atoms with Crippen molar-refractivity contribution in [2.75, 3.05) is 0 Å². The van der Waals surface area contributed by atoms with Crippen molar-refractivity contribution in [1.29, 1.82) is 5.26 Å². The molecule has 20 heavy (non-hydrogen) atoms. The lowest BCUT2D eigenvalue weighted by Gasteiger charge is -2.15. The van der Waals surface area contributed by atoms with Crippen LogP contribution < -0.4 is 5.32 Å². The molecule has 1 amide bonds. The molecular weight excluding hydrogens is 265 g/mol. The number of nitriles is 1. The summed E-state index contributed by atoms with van der Waals surface area (Å²) < 4.78 is 13.9. The molecule has 1 N–H and O–H groups in total. The van der Waals surface area contributed by atoms with E-state index in [1.54, 1.807) is 13.8 Å².